The summed E-state index contributed by atoms with van der Waals surface area (Å²) in [5.74, 6) is -0.266. The standard InChI is InChI=1S/C19H13Cl2N3O/c20-17-11-6-13(12-18(17)21)19(25)22-14-7-9-16(10-8-14)24-23-15-4-2-1-3-5-15/h1-12H,(H,22,25). The summed E-state index contributed by atoms with van der Waals surface area (Å²) in [6.07, 6.45) is 0. The molecule has 0 fully saturated rings. The number of anilines is 1. The predicted molar refractivity (Wildman–Crippen MR) is 101 cm³/mol. The molecule has 0 heterocycles. The average Bonchev–Trinajstić information content (AvgIpc) is 2.64. The second-order valence-electron chi connectivity index (χ2n) is 5.17. The lowest BCUT2D eigenvalue weighted by atomic mass is 10.2. The summed E-state index contributed by atoms with van der Waals surface area (Å²) in [7, 11) is 0. The van der Waals surface area contributed by atoms with Crippen LogP contribution in [0.3, 0.4) is 0 Å². The number of hydrogen-bond donors (Lipinski definition) is 1. The Morgan fingerprint density at radius 1 is 0.760 bits per heavy atom. The number of hydrogen-bond acceptors (Lipinski definition) is 3. The van der Waals surface area contributed by atoms with Crippen LogP contribution in [0, 0.1) is 0 Å². The first-order chi connectivity index (χ1) is 12.1. The quantitative estimate of drug-likeness (QED) is 0.513. The number of benzene rings is 3. The van der Waals surface area contributed by atoms with Gasteiger partial charge in [-0.15, -0.1) is 0 Å². The molecule has 25 heavy (non-hydrogen) atoms. The third kappa shape index (κ3) is 4.66. The van der Waals surface area contributed by atoms with Crippen LogP contribution in [-0.2, 0) is 0 Å². The molecule has 0 aromatic heterocycles. The lowest BCUT2D eigenvalue weighted by molar-refractivity contribution is 0.102. The third-order valence-electron chi connectivity index (χ3n) is 3.34. The minimum atomic E-state index is -0.266. The number of azo groups is 1. The van der Waals surface area contributed by atoms with Crippen molar-refractivity contribution in [2.75, 3.05) is 5.32 Å². The Hall–Kier alpha value is -2.69. The van der Waals surface area contributed by atoms with E-state index in [1.165, 1.54) is 6.07 Å². The number of amides is 1. The molecular weight excluding hydrogens is 357 g/mol. The smallest absolute Gasteiger partial charge is 0.255 e. The van der Waals surface area contributed by atoms with E-state index in [1.807, 2.05) is 30.3 Å². The maximum atomic E-state index is 12.2. The number of carbonyl (C=O) groups is 1. The fraction of sp³-hybridized carbons (Fsp3) is 0. The van der Waals surface area contributed by atoms with Crippen molar-refractivity contribution in [1.82, 2.24) is 0 Å². The van der Waals surface area contributed by atoms with Crippen molar-refractivity contribution in [2.45, 2.75) is 0 Å². The van der Waals surface area contributed by atoms with Gasteiger partial charge in [0.15, 0.2) is 0 Å². The summed E-state index contributed by atoms with van der Waals surface area (Å²) >= 11 is 11.8. The lowest BCUT2D eigenvalue weighted by Crippen LogP contribution is -2.11. The molecule has 1 N–H and O–H groups in total. The zero-order chi connectivity index (χ0) is 17.6. The number of carbonyl (C=O) groups excluding carboxylic acids is 1. The van der Waals surface area contributed by atoms with Gasteiger partial charge in [-0.3, -0.25) is 4.79 Å². The van der Waals surface area contributed by atoms with Gasteiger partial charge in [0.25, 0.3) is 5.91 Å². The molecule has 0 bridgehead atoms. The lowest BCUT2D eigenvalue weighted by Gasteiger charge is -2.06. The van der Waals surface area contributed by atoms with Gasteiger partial charge in [0.1, 0.15) is 0 Å². The summed E-state index contributed by atoms with van der Waals surface area (Å²) in [5.41, 5.74) is 2.55. The first-order valence-corrected chi connectivity index (χ1v) is 8.21. The van der Waals surface area contributed by atoms with Crippen LogP contribution in [0.2, 0.25) is 10.0 Å². The zero-order valence-corrected chi connectivity index (χ0v) is 14.5. The Morgan fingerprint density at radius 3 is 2.04 bits per heavy atom. The Kier molecular flexibility index (Phi) is 5.43. The fourth-order valence-electron chi connectivity index (χ4n) is 2.06. The van der Waals surface area contributed by atoms with E-state index >= 15 is 0 Å². The van der Waals surface area contributed by atoms with Crippen LogP contribution >= 0.6 is 23.2 Å². The van der Waals surface area contributed by atoms with Gasteiger partial charge in [0.05, 0.1) is 21.4 Å². The molecule has 3 aromatic rings. The largest absolute Gasteiger partial charge is 0.322 e. The highest BCUT2D eigenvalue weighted by Crippen LogP contribution is 2.24. The molecule has 0 aliphatic rings. The zero-order valence-electron chi connectivity index (χ0n) is 13.0. The van der Waals surface area contributed by atoms with Gasteiger partial charge >= 0.3 is 0 Å². The van der Waals surface area contributed by atoms with Gasteiger partial charge in [-0.05, 0) is 54.6 Å². The molecule has 0 saturated heterocycles. The monoisotopic (exact) mass is 369 g/mol. The summed E-state index contributed by atoms with van der Waals surface area (Å²) in [4.78, 5) is 12.2. The van der Waals surface area contributed by atoms with Gasteiger partial charge in [-0.1, -0.05) is 41.4 Å². The highest BCUT2D eigenvalue weighted by molar-refractivity contribution is 6.42. The van der Waals surface area contributed by atoms with Crippen LogP contribution in [0.1, 0.15) is 10.4 Å². The van der Waals surface area contributed by atoms with E-state index in [4.69, 9.17) is 23.2 Å². The van der Waals surface area contributed by atoms with E-state index in [1.54, 1.807) is 36.4 Å². The summed E-state index contributed by atoms with van der Waals surface area (Å²) in [6, 6.07) is 21.3. The minimum absolute atomic E-state index is 0.266. The third-order valence-corrected chi connectivity index (χ3v) is 4.08. The van der Waals surface area contributed by atoms with Gasteiger partial charge in [0, 0.05) is 11.3 Å². The molecule has 6 heteroatoms. The Labute approximate surface area is 155 Å². The predicted octanol–water partition coefficient (Wildman–Crippen LogP) is 6.66. The first kappa shape index (κ1) is 17.1. The normalized spacial score (nSPS) is 10.8. The van der Waals surface area contributed by atoms with E-state index in [0.717, 1.165) is 5.69 Å². The van der Waals surface area contributed by atoms with Crippen LogP contribution in [0.15, 0.2) is 83.0 Å². The number of rotatable bonds is 4. The number of nitrogens with zero attached hydrogens (tertiary/aromatic N) is 2. The molecule has 0 atom stereocenters. The van der Waals surface area contributed by atoms with Gasteiger partial charge in [-0.2, -0.15) is 10.2 Å². The Balaban J connectivity index is 1.67. The van der Waals surface area contributed by atoms with Crippen LogP contribution < -0.4 is 5.32 Å². The first-order valence-electron chi connectivity index (χ1n) is 7.45. The fourth-order valence-corrected chi connectivity index (χ4v) is 2.36. The Morgan fingerprint density at radius 2 is 1.40 bits per heavy atom. The van der Waals surface area contributed by atoms with E-state index in [9.17, 15) is 4.79 Å². The molecule has 1 amide bonds. The molecule has 124 valence electrons. The second kappa shape index (κ2) is 7.92. The number of nitrogens with one attached hydrogen (secondary N) is 1. The van der Waals surface area contributed by atoms with Crippen LogP contribution in [-0.4, -0.2) is 5.91 Å². The SMILES string of the molecule is O=C(Nc1ccc(N=Nc2ccccc2)cc1)c1ccc(Cl)c(Cl)c1. The van der Waals surface area contributed by atoms with Crippen molar-refractivity contribution in [3.8, 4) is 0 Å². The second-order valence-corrected chi connectivity index (χ2v) is 5.98. The molecule has 0 unspecified atom stereocenters. The van der Waals surface area contributed by atoms with Crippen molar-refractivity contribution in [3.05, 3.63) is 88.4 Å². The molecule has 0 spiro atoms. The van der Waals surface area contributed by atoms with E-state index in [2.05, 4.69) is 15.5 Å². The average molecular weight is 370 g/mol. The summed E-state index contributed by atoms with van der Waals surface area (Å²) < 4.78 is 0. The van der Waals surface area contributed by atoms with E-state index in [-0.39, 0.29) is 5.91 Å². The van der Waals surface area contributed by atoms with Crippen molar-refractivity contribution in [3.63, 3.8) is 0 Å². The van der Waals surface area contributed by atoms with Crippen molar-refractivity contribution in [1.29, 1.82) is 0 Å². The van der Waals surface area contributed by atoms with Gasteiger partial charge in [-0.25, -0.2) is 0 Å². The minimum Gasteiger partial charge on any atom is -0.322 e. The topological polar surface area (TPSA) is 53.8 Å². The molecule has 0 aliphatic heterocycles. The van der Waals surface area contributed by atoms with E-state index < -0.39 is 0 Å². The van der Waals surface area contributed by atoms with Crippen molar-refractivity contribution in [2.24, 2.45) is 10.2 Å². The van der Waals surface area contributed by atoms with Crippen molar-refractivity contribution >= 4 is 46.2 Å². The summed E-state index contributed by atoms with van der Waals surface area (Å²) in [5, 5.41) is 11.8. The van der Waals surface area contributed by atoms with Crippen LogP contribution in [0.5, 0.6) is 0 Å². The van der Waals surface area contributed by atoms with Gasteiger partial charge < -0.3 is 5.32 Å². The van der Waals surface area contributed by atoms with Crippen LogP contribution in [0.25, 0.3) is 0 Å². The molecule has 0 aliphatic carbocycles. The highest BCUT2D eigenvalue weighted by atomic mass is 35.5. The maximum absolute atomic E-state index is 12.2. The maximum Gasteiger partial charge on any atom is 0.255 e. The molecule has 3 rings (SSSR count). The van der Waals surface area contributed by atoms with Gasteiger partial charge in [0.2, 0.25) is 0 Å². The van der Waals surface area contributed by atoms with Crippen LogP contribution in [0.4, 0.5) is 17.1 Å². The molecule has 0 saturated carbocycles. The van der Waals surface area contributed by atoms with E-state index in [0.29, 0.717) is 27.0 Å². The highest BCUT2D eigenvalue weighted by Gasteiger charge is 2.08. The summed E-state index contributed by atoms with van der Waals surface area (Å²) in [6.45, 7) is 0. The molecule has 0 radical (unpaired) electrons. The molecule has 3 aromatic carbocycles. The Bertz CT molecular complexity index is 910. The molecule has 4 nitrogen and oxygen atoms in total. The molecular formula is C19H13Cl2N3O. The van der Waals surface area contributed by atoms with Crippen molar-refractivity contribution < 1.29 is 4.79 Å². The number of halogens is 2.